The lowest BCUT2D eigenvalue weighted by Gasteiger charge is -2.26. The van der Waals surface area contributed by atoms with E-state index in [0.717, 1.165) is 37.4 Å². The van der Waals surface area contributed by atoms with Gasteiger partial charge in [0.2, 0.25) is 0 Å². The number of anilines is 1. The van der Waals surface area contributed by atoms with Gasteiger partial charge < -0.3 is 10.4 Å². The number of hydrogen-bond donors (Lipinski definition) is 2. The van der Waals surface area contributed by atoms with E-state index in [1.807, 2.05) is 0 Å². The molecule has 0 amide bonds. The molecule has 0 unspecified atom stereocenters. The summed E-state index contributed by atoms with van der Waals surface area (Å²) in [5.74, 6) is 0.587. The summed E-state index contributed by atoms with van der Waals surface area (Å²) in [5.41, 5.74) is -0.608. The van der Waals surface area contributed by atoms with E-state index in [0.29, 0.717) is 17.5 Å². The van der Waals surface area contributed by atoms with Gasteiger partial charge in [0, 0.05) is 6.54 Å². The fraction of sp³-hybridized carbons (Fsp3) is 0.800. The Kier molecular flexibility index (Phi) is 4.00. The van der Waals surface area contributed by atoms with Crippen LogP contribution in [0, 0.1) is 0 Å². The molecule has 0 spiro atoms. The van der Waals surface area contributed by atoms with Crippen molar-refractivity contribution in [3.8, 4) is 0 Å². The number of halogens is 1. The molecule has 0 saturated heterocycles. The topological polar surface area (TPSA) is 58.0 Å². The molecule has 6 heteroatoms. The molecule has 16 heavy (non-hydrogen) atoms. The molecular weight excluding hydrogens is 246 g/mol. The second-order valence-electron chi connectivity index (χ2n) is 4.40. The van der Waals surface area contributed by atoms with E-state index in [4.69, 9.17) is 11.6 Å². The number of aliphatic hydroxyl groups is 1. The number of nitrogens with one attached hydrogen (secondary N) is 1. The van der Waals surface area contributed by atoms with Crippen LogP contribution in [0.4, 0.5) is 5.82 Å². The lowest BCUT2D eigenvalue weighted by Crippen LogP contribution is -2.36. The average molecular weight is 262 g/mol. The van der Waals surface area contributed by atoms with Gasteiger partial charge in [-0.15, -0.1) is 0 Å². The van der Waals surface area contributed by atoms with E-state index in [-0.39, 0.29) is 0 Å². The van der Waals surface area contributed by atoms with Crippen molar-refractivity contribution in [3.63, 3.8) is 0 Å². The Bertz CT molecular complexity index is 337. The predicted octanol–water partition coefficient (Wildman–Crippen LogP) is 2.69. The number of nitrogens with zero attached hydrogens (tertiary/aromatic N) is 2. The molecule has 0 atom stereocenters. The first-order valence-corrected chi connectivity index (χ1v) is 6.75. The van der Waals surface area contributed by atoms with E-state index in [9.17, 15) is 5.11 Å². The van der Waals surface area contributed by atoms with Crippen molar-refractivity contribution in [1.82, 2.24) is 8.75 Å². The number of hydrogen-bond acceptors (Lipinski definition) is 5. The molecule has 1 aliphatic carbocycles. The summed E-state index contributed by atoms with van der Waals surface area (Å²) in [6.07, 6.45) is 6.36. The fourth-order valence-electron chi connectivity index (χ4n) is 2.09. The number of aromatic nitrogens is 2. The molecule has 0 bridgehead atoms. The Balaban J connectivity index is 1.90. The molecule has 1 aromatic rings. The normalized spacial score (nSPS) is 20.4. The van der Waals surface area contributed by atoms with Crippen LogP contribution in [0.3, 0.4) is 0 Å². The maximum Gasteiger partial charge on any atom is 0.186 e. The van der Waals surface area contributed by atoms with Crippen LogP contribution in [0.1, 0.15) is 38.5 Å². The Morgan fingerprint density at radius 3 is 2.50 bits per heavy atom. The third kappa shape index (κ3) is 3.06. The van der Waals surface area contributed by atoms with Crippen LogP contribution < -0.4 is 5.32 Å². The summed E-state index contributed by atoms with van der Waals surface area (Å²) in [6.45, 7) is 0.512. The maximum absolute atomic E-state index is 10.4. The van der Waals surface area contributed by atoms with Gasteiger partial charge in [-0.2, -0.15) is 8.75 Å². The van der Waals surface area contributed by atoms with Crippen molar-refractivity contribution in [2.75, 3.05) is 11.9 Å². The quantitative estimate of drug-likeness (QED) is 0.822. The van der Waals surface area contributed by atoms with Crippen LogP contribution in [-0.2, 0) is 0 Å². The highest BCUT2D eigenvalue weighted by atomic mass is 35.5. The minimum atomic E-state index is -0.608. The van der Waals surface area contributed by atoms with Crippen molar-refractivity contribution in [3.05, 3.63) is 5.15 Å². The van der Waals surface area contributed by atoms with E-state index in [2.05, 4.69) is 14.1 Å². The highest BCUT2D eigenvalue weighted by Crippen LogP contribution is 2.28. The van der Waals surface area contributed by atoms with E-state index >= 15 is 0 Å². The lowest BCUT2D eigenvalue weighted by molar-refractivity contribution is 0.0381. The van der Waals surface area contributed by atoms with Gasteiger partial charge >= 0.3 is 0 Å². The van der Waals surface area contributed by atoms with Crippen molar-refractivity contribution in [2.45, 2.75) is 44.1 Å². The van der Waals surface area contributed by atoms with Crippen LogP contribution in [0.15, 0.2) is 0 Å². The minimum Gasteiger partial charge on any atom is -0.388 e. The molecule has 0 radical (unpaired) electrons. The molecule has 0 aromatic carbocycles. The largest absolute Gasteiger partial charge is 0.388 e. The summed E-state index contributed by atoms with van der Waals surface area (Å²) in [5, 5.41) is 13.9. The maximum atomic E-state index is 10.4. The van der Waals surface area contributed by atoms with Crippen LogP contribution in [0.5, 0.6) is 0 Å². The molecule has 1 aromatic heterocycles. The fourth-order valence-corrected chi connectivity index (χ4v) is 2.78. The zero-order chi connectivity index (χ0) is 11.4. The van der Waals surface area contributed by atoms with Gasteiger partial charge in [0.1, 0.15) is 0 Å². The Hall–Kier alpha value is -0.390. The first-order chi connectivity index (χ1) is 7.70. The molecule has 2 rings (SSSR count). The highest BCUT2D eigenvalue weighted by molar-refractivity contribution is 6.99. The van der Waals surface area contributed by atoms with Crippen molar-refractivity contribution in [1.29, 1.82) is 0 Å². The first-order valence-electron chi connectivity index (χ1n) is 5.64. The van der Waals surface area contributed by atoms with Crippen LogP contribution in [0.2, 0.25) is 5.15 Å². The summed E-state index contributed by atoms with van der Waals surface area (Å²) in [4.78, 5) is 0. The van der Waals surface area contributed by atoms with Gasteiger partial charge in [-0.05, 0) is 12.8 Å². The van der Waals surface area contributed by atoms with Gasteiger partial charge in [0.25, 0.3) is 0 Å². The SMILES string of the molecule is OC1(CNc2nsnc2Cl)CCCCCC1. The predicted molar refractivity (Wildman–Crippen MR) is 66.1 cm³/mol. The van der Waals surface area contributed by atoms with Crippen LogP contribution in [0.25, 0.3) is 0 Å². The molecule has 1 fully saturated rings. The van der Waals surface area contributed by atoms with E-state index in [1.165, 1.54) is 12.8 Å². The summed E-state index contributed by atoms with van der Waals surface area (Å²) < 4.78 is 7.90. The Morgan fingerprint density at radius 1 is 1.25 bits per heavy atom. The first kappa shape index (κ1) is 12.1. The molecule has 0 aliphatic heterocycles. The molecule has 1 saturated carbocycles. The lowest BCUT2D eigenvalue weighted by atomic mass is 9.94. The van der Waals surface area contributed by atoms with Gasteiger partial charge in [-0.25, -0.2) is 0 Å². The van der Waals surface area contributed by atoms with Gasteiger partial charge in [0.15, 0.2) is 11.0 Å². The molecule has 1 heterocycles. The highest BCUT2D eigenvalue weighted by Gasteiger charge is 2.28. The van der Waals surface area contributed by atoms with Crippen molar-refractivity contribution >= 4 is 29.1 Å². The minimum absolute atomic E-state index is 0.391. The van der Waals surface area contributed by atoms with E-state index < -0.39 is 5.60 Å². The van der Waals surface area contributed by atoms with Crippen molar-refractivity contribution < 1.29 is 5.11 Å². The zero-order valence-corrected chi connectivity index (χ0v) is 10.7. The van der Waals surface area contributed by atoms with Gasteiger partial charge in [0.05, 0.1) is 17.3 Å². The summed E-state index contributed by atoms with van der Waals surface area (Å²) in [6, 6.07) is 0. The third-order valence-corrected chi connectivity index (χ3v) is 3.96. The molecule has 1 aliphatic rings. The number of rotatable bonds is 3. The standard InChI is InChI=1S/C10H16ClN3OS/c11-8-9(14-16-13-8)12-7-10(15)5-3-1-2-4-6-10/h15H,1-7H2,(H,12,14). The molecule has 4 nitrogen and oxygen atoms in total. The second-order valence-corrected chi connectivity index (χ2v) is 5.28. The summed E-state index contributed by atoms with van der Waals surface area (Å²) >= 11 is 6.91. The molecule has 90 valence electrons. The van der Waals surface area contributed by atoms with E-state index in [1.54, 1.807) is 0 Å². The second kappa shape index (κ2) is 5.29. The zero-order valence-electron chi connectivity index (χ0n) is 9.08. The van der Waals surface area contributed by atoms with Gasteiger partial charge in [-0.3, -0.25) is 0 Å². The molecular formula is C10H16ClN3OS. The Labute approximate surface area is 104 Å². The average Bonchev–Trinajstić information content (AvgIpc) is 2.54. The van der Waals surface area contributed by atoms with Crippen LogP contribution in [-0.4, -0.2) is 26.0 Å². The third-order valence-electron chi connectivity index (χ3n) is 3.07. The summed E-state index contributed by atoms with van der Waals surface area (Å²) in [7, 11) is 0. The van der Waals surface area contributed by atoms with Crippen LogP contribution >= 0.6 is 23.3 Å². The smallest absolute Gasteiger partial charge is 0.186 e. The van der Waals surface area contributed by atoms with Crippen molar-refractivity contribution in [2.24, 2.45) is 0 Å². The molecule has 2 N–H and O–H groups in total. The van der Waals surface area contributed by atoms with Gasteiger partial charge in [-0.1, -0.05) is 37.3 Å². The monoisotopic (exact) mass is 261 g/mol. The Morgan fingerprint density at radius 2 is 1.94 bits per heavy atom.